The molecule has 0 aromatic carbocycles. The molecule has 0 saturated heterocycles. The van der Waals surface area contributed by atoms with Gasteiger partial charge in [-0.1, -0.05) is 0 Å². The van der Waals surface area contributed by atoms with E-state index in [0.29, 0.717) is 0 Å². The average Bonchev–Trinajstić information content (AvgIpc) is 1.61. The molecule has 0 aliphatic carbocycles. The van der Waals surface area contributed by atoms with Crippen LogP contribution in [0, 0.1) is 0 Å². The third-order valence-corrected chi connectivity index (χ3v) is 0.275. The van der Waals surface area contributed by atoms with Gasteiger partial charge in [-0.3, -0.25) is 5.32 Å². The van der Waals surface area contributed by atoms with Crippen molar-refractivity contribution in [2.45, 2.75) is 0 Å². The fourth-order valence-corrected chi connectivity index (χ4v) is 0.102. The highest BCUT2D eigenvalue weighted by atomic mass is 16.5. The van der Waals surface area contributed by atoms with Crippen LogP contribution in [-0.2, 0) is 9.53 Å². The molecule has 1 radical (unpaired) electrons. The Labute approximate surface area is 36.3 Å². The summed E-state index contributed by atoms with van der Waals surface area (Å²) in [6.45, 7) is 1.50. The van der Waals surface area contributed by atoms with Crippen molar-refractivity contribution < 1.29 is 9.53 Å². The van der Waals surface area contributed by atoms with Crippen molar-refractivity contribution in [1.82, 2.24) is 5.32 Å². The molecule has 0 atom stereocenters. The second-order valence-corrected chi connectivity index (χ2v) is 0.726. The Morgan fingerprint density at radius 2 is 2.67 bits per heavy atom. The minimum atomic E-state index is 0.240. The summed E-state index contributed by atoms with van der Waals surface area (Å²) in [6.07, 6.45) is 0. The number of carbonyl (C=O) groups excluding carboxylic acids is 1. The molecule has 0 spiro atoms. The molecule has 0 aromatic heterocycles. The maximum atomic E-state index is 9.18. The number of rotatable bonds is 3. The van der Waals surface area contributed by atoms with Gasteiger partial charge in [0.05, 0.1) is 0 Å². The van der Waals surface area contributed by atoms with Crippen molar-refractivity contribution >= 4 is 6.47 Å². The van der Waals surface area contributed by atoms with E-state index in [1.54, 1.807) is 7.05 Å². The Bertz CT molecular complexity index is 37.8. The maximum absolute atomic E-state index is 9.18. The van der Waals surface area contributed by atoms with Gasteiger partial charge in [0.1, 0.15) is 6.73 Å². The first-order chi connectivity index (χ1) is 2.91. The van der Waals surface area contributed by atoms with Gasteiger partial charge < -0.3 is 4.74 Å². The lowest BCUT2D eigenvalue weighted by Crippen LogP contribution is -2.09. The van der Waals surface area contributed by atoms with Crippen molar-refractivity contribution in [3.63, 3.8) is 0 Å². The van der Waals surface area contributed by atoms with Gasteiger partial charge in [0.25, 0.3) is 0 Å². The van der Waals surface area contributed by atoms with Gasteiger partial charge in [0.2, 0.25) is 0 Å². The van der Waals surface area contributed by atoms with Crippen LogP contribution in [0.25, 0.3) is 0 Å². The number of ether oxygens (including phenoxy) is 1. The molecule has 1 N–H and O–H groups in total. The molecular weight excluding hydrogens is 82.0 g/mol. The van der Waals surface area contributed by atoms with Gasteiger partial charge in [0, 0.05) is 0 Å². The van der Waals surface area contributed by atoms with Crippen molar-refractivity contribution in [2.24, 2.45) is 0 Å². The predicted octanol–water partition coefficient (Wildman–Crippen LogP) is -0.753. The predicted molar refractivity (Wildman–Crippen MR) is 20.7 cm³/mol. The summed E-state index contributed by atoms with van der Waals surface area (Å²) in [4.78, 5) is 9.18. The Hall–Kier alpha value is -0.570. The Balaban J connectivity index is 2.49. The van der Waals surface area contributed by atoms with Crippen molar-refractivity contribution in [1.29, 1.82) is 0 Å². The first kappa shape index (κ1) is 5.43. The topological polar surface area (TPSA) is 38.3 Å². The van der Waals surface area contributed by atoms with E-state index in [9.17, 15) is 4.79 Å². The van der Waals surface area contributed by atoms with Crippen LogP contribution in [0.2, 0.25) is 0 Å². The van der Waals surface area contributed by atoms with Crippen molar-refractivity contribution in [3.05, 3.63) is 0 Å². The summed E-state index contributed by atoms with van der Waals surface area (Å²) in [5.41, 5.74) is 0. The smallest absolute Gasteiger partial charge is 0.418 e. The molecule has 6 heavy (non-hydrogen) atoms. The van der Waals surface area contributed by atoms with Gasteiger partial charge in [-0.15, -0.1) is 0 Å². The standard InChI is InChI=1S/C3H6NO2/c1-4-2-6-3-5/h4H,2H2,1H3. The van der Waals surface area contributed by atoms with Crippen LogP contribution in [-0.4, -0.2) is 20.3 Å². The highest BCUT2D eigenvalue weighted by molar-refractivity contribution is 5.37. The van der Waals surface area contributed by atoms with E-state index in [-0.39, 0.29) is 6.73 Å². The Kier molecular flexibility index (Phi) is 4.01. The van der Waals surface area contributed by atoms with Crippen LogP contribution in [0.3, 0.4) is 0 Å². The van der Waals surface area contributed by atoms with Crippen LogP contribution in [0.5, 0.6) is 0 Å². The second-order valence-electron chi connectivity index (χ2n) is 0.726. The third kappa shape index (κ3) is 3.43. The zero-order valence-electron chi connectivity index (χ0n) is 3.52. The first-order valence-corrected chi connectivity index (χ1v) is 1.55. The van der Waals surface area contributed by atoms with Crippen LogP contribution >= 0.6 is 0 Å². The van der Waals surface area contributed by atoms with Crippen molar-refractivity contribution in [2.75, 3.05) is 13.8 Å². The van der Waals surface area contributed by atoms with Crippen LogP contribution in [0.4, 0.5) is 0 Å². The lowest BCUT2D eigenvalue weighted by atomic mass is 11.1. The second kappa shape index (κ2) is 4.43. The fraction of sp³-hybridized carbons (Fsp3) is 0.667. The van der Waals surface area contributed by atoms with E-state index in [2.05, 4.69) is 10.1 Å². The molecule has 0 fully saturated rings. The van der Waals surface area contributed by atoms with Gasteiger partial charge in [0.15, 0.2) is 0 Å². The molecule has 0 amide bonds. The average molecular weight is 88.1 g/mol. The summed E-state index contributed by atoms with van der Waals surface area (Å²) in [5.74, 6) is 0. The van der Waals surface area contributed by atoms with Gasteiger partial charge in [-0.05, 0) is 7.05 Å². The van der Waals surface area contributed by atoms with E-state index in [0.717, 1.165) is 0 Å². The molecule has 0 aliphatic rings. The van der Waals surface area contributed by atoms with E-state index >= 15 is 0 Å². The quantitative estimate of drug-likeness (QED) is 0.364. The summed E-state index contributed by atoms with van der Waals surface area (Å²) in [7, 11) is 1.68. The van der Waals surface area contributed by atoms with Crippen LogP contribution < -0.4 is 5.32 Å². The molecule has 0 unspecified atom stereocenters. The van der Waals surface area contributed by atoms with Crippen molar-refractivity contribution in [3.8, 4) is 0 Å². The third-order valence-electron chi connectivity index (χ3n) is 0.275. The molecule has 3 nitrogen and oxygen atoms in total. The minimum absolute atomic E-state index is 0.240. The molecule has 35 valence electrons. The number of nitrogens with one attached hydrogen (secondary N) is 1. The summed E-state index contributed by atoms with van der Waals surface area (Å²) >= 11 is 0. The van der Waals surface area contributed by atoms with Gasteiger partial charge >= 0.3 is 6.47 Å². The highest BCUT2D eigenvalue weighted by Crippen LogP contribution is 1.51. The normalized spacial score (nSPS) is 7.50. The van der Waals surface area contributed by atoms with Gasteiger partial charge in [-0.2, -0.15) is 0 Å². The lowest BCUT2D eigenvalue weighted by Gasteiger charge is -1.88. The summed E-state index contributed by atoms with van der Waals surface area (Å²) in [5, 5.41) is 2.58. The summed E-state index contributed by atoms with van der Waals surface area (Å²) < 4.78 is 4.07. The molecule has 0 aliphatic heterocycles. The molecule has 3 heteroatoms. The monoisotopic (exact) mass is 88.0 g/mol. The van der Waals surface area contributed by atoms with Crippen LogP contribution in [0.15, 0.2) is 0 Å². The largest absolute Gasteiger partial charge is 0.441 e. The maximum Gasteiger partial charge on any atom is 0.418 e. The fourth-order valence-electron chi connectivity index (χ4n) is 0.102. The molecule has 0 aromatic rings. The molecular formula is C3H6NO2. The van der Waals surface area contributed by atoms with E-state index < -0.39 is 0 Å². The van der Waals surface area contributed by atoms with E-state index in [1.165, 1.54) is 6.47 Å². The highest BCUT2D eigenvalue weighted by Gasteiger charge is 1.71. The Morgan fingerprint density at radius 1 is 2.00 bits per heavy atom. The summed E-state index contributed by atoms with van der Waals surface area (Å²) in [6, 6.07) is 0. The van der Waals surface area contributed by atoms with E-state index in [1.807, 2.05) is 0 Å². The van der Waals surface area contributed by atoms with Crippen LogP contribution in [0.1, 0.15) is 0 Å². The molecule has 0 heterocycles. The zero-order chi connectivity index (χ0) is 4.83. The van der Waals surface area contributed by atoms with Gasteiger partial charge in [-0.25, -0.2) is 4.79 Å². The molecule has 0 saturated carbocycles. The van der Waals surface area contributed by atoms with E-state index in [4.69, 9.17) is 0 Å². The molecule has 0 bridgehead atoms. The molecule has 0 rings (SSSR count). The lowest BCUT2D eigenvalue weighted by molar-refractivity contribution is 0.260. The SMILES string of the molecule is CNCO[C]=O. The number of hydrogen-bond donors (Lipinski definition) is 1. The Morgan fingerprint density at radius 3 is 2.83 bits per heavy atom. The number of hydrogen-bond acceptors (Lipinski definition) is 3. The minimum Gasteiger partial charge on any atom is -0.441 e. The first-order valence-electron chi connectivity index (χ1n) is 1.55. The zero-order valence-corrected chi connectivity index (χ0v) is 3.52.